The van der Waals surface area contributed by atoms with Gasteiger partial charge < -0.3 is 16.0 Å². The number of guanidine groups is 1. The largest absolute Gasteiger partial charge is 0.355 e. The Labute approximate surface area is 172 Å². The summed E-state index contributed by atoms with van der Waals surface area (Å²) in [5, 5.41) is 9.99. The SMILES string of the molecule is CCCNC(=O)c1cccc(CNC(=NC)NCC(C)Sc2ccccc2)c1. The van der Waals surface area contributed by atoms with Gasteiger partial charge in [0.25, 0.3) is 5.91 Å². The van der Waals surface area contributed by atoms with Crippen molar-refractivity contribution < 1.29 is 4.79 Å². The molecule has 3 N–H and O–H groups in total. The van der Waals surface area contributed by atoms with Crippen LogP contribution >= 0.6 is 11.8 Å². The molecule has 0 bridgehead atoms. The van der Waals surface area contributed by atoms with E-state index < -0.39 is 0 Å². The van der Waals surface area contributed by atoms with Crippen LogP contribution < -0.4 is 16.0 Å². The molecule has 1 atom stereocenters. The lowest BCUT2D eigenvalue weighted by Crippen LogP contribution is -2.39. The molecular weight excluding hydrogens is 368 g/mol. The van der Waals surface area contributed by atoms with Gasteiger partial charge in [-0.1, -0.05) is 44.2 Å². The lowest BCUT2D eigenvalue weighted by atomic mass is 10.1. The van der Waals surface area contributed by atoms with Crippen molar-refractivity contribution in [1.82, 2.24) is 16.0 Å². The summed E-state index contributed by atoms with van der Waals surface area (Å²) in [5.41, 5.74) is 1.72. The van der Waals surface area contributed by atoms with Crippen LogP contribution in [-0.4, -0.2) is 37.3 Å². The maximum atomic E-state index is 12.1. The first kappa shape index (κ1) is 21.8. The zero-order chi connectivity index (χ0) is 20.2. The average Bonchev–Trinajstić information content (AvgIpc) is 2.73. The van der Waals surface area contributed by atoms with Gasteiger partial charge in [0.2, 0.25) is 0 Å². The summed E-state index contributed by atoms with van der Waals surface area (Å²) in [4.78, 5) is 17.7. The zero-order valence-electron chi connectivity index (χ0n) is 16.9. The summed E-state index contributed by atoms with van der Waals surface area (Å²) >= 11 is 1.83. The number of amides is 1. The van der Waals surface area contributed by atoms with Gasteiger partial charge in [-0.2, -0.15) is 0 Å². The summed E-state index contributed by atoms with van der Waals surface area (Å²) in [6, 6.07) is 18.1. The highest BCUT2D eigenvalue weighted by Gasteiger charge is 2.07. The standard InChI is InChI=1S/C22H30N4OS/c1-4-13-24-21(27)19-10-8-9-18(14-19)16-26-22(23-3)25-15-17(2)28-20-11-6-5-7-12-20/h5-12,14,17H,4,13,15-16H2,1-3H3,(H,24,27)(H2,23,25,26). The molecule has 2 rings (SSSR count). The predicted octanol–water partition coefficient (Wildman–Crippen LogP) is 3.67. The van der Waals surface area contributed by atoms with Crippen LogP contribution in [0.1, 0.15) is 36.2 Å². The maximum Gasteiger partial charge on any atom is 0.251 e. The number of hydrogen-bond donors (Lipinski definition) is 3. The molecule has 0 aliphatic rings. The van der Waals surface area contributed by atoms with Crippen molar-refractivity contribution in [2.45, 2.75) is 37.0 Å². The summed E-state index contributed by atoms with van der Waals surface area (Å²) in [6.45, 7) is 6.33. The first-order valence-electron chi connectivity index (χ1n) is 9.65. The fourth-order valence-electron chi connectivity index (χ4n) is 2.58. The number of thioether (sulfide) groups is 1. The normalized spacial score (nSPS) is 12.3. The van der Waals surface area contributed by atoms with Gasteiger partial charge in [0, 0.05) is 42.4 Å². The molecule has 0 saturated carbocycles. The highest BCUT2D eigenvalue weighted by atomic mass is 32.2. The van der Waals surface area contributed by atoms with Crippen LogP contribution in [0.25, 0.3) is 0 Å². The number of carbonyl (C=O) groups is 1. The molecule has 1 amide bonds. The molecule has 0 saturated heterocycles. The van der Waals surface area contributed by atoms with Crippen molar-refractivity contribution in [2.75, 3.05) is 20.1 Å². The number of carbonyl (C=O) groups excluding carboxylic acids is 1. The van der Waals surface area contributed by atoms with Gasteiger partial charge >= 0.3 is 0 Å². The van der Waals surface area contributed by atoms with E-state index in [1.54, 1.807) is 7.05 Å². The molecule has 0 radical (unpaired) electrons. The predicted molar refractivity (Wildman–Crippen MR) is 119 cm³/mol. The third kappa shape index (κ3) is 7.64. The lowest BCUT2D eigenvalue weighted by Gasteiger charge is -2.16. The second-order valence-corrected chi connectivity index (χ2v) is 8.02. The van der Waals surface area contributed by atoms with Crippen molar-refractivity contribution in [3.05, 3.63) is 65.7 Å². The molecular formula is C22H30N4OS. The van der Waals surface area contributed by atoms with Crippen molar-refractivity contribution >= 4 is 23.6 Å². The van der Waals surface area contributed by atoms with E-state index in [9.17, 15) is 4.79 Å². The third-order valence-corrected chi connectivity index (χ3v) is 5.16. The van der Waals surface area contributed by atoms with Crippen LogP contribution in [0, 0.1) is 0 Å². The molecule has 0 aliphatic heterocycles. The van der Waals surface area contributed by atoms with Crippen molar-refractivity contribution in [3.8, 4) is 0 Å². The van der Waals surface area contributed by atoms with Crippen LogP contribution in [0.4, 0.5) is 0 Å². The van der Waals surface area contributed by atoms with Crippen LogP contribution in [-0.2, 0) is 6.54 Å². The van der Waals surface area contributed by atoms with E-state index in [0.717, 1.165) is 24.5 Å². The maximum absolute atomic E-state index is 12.1. The number of nitrogens with zero attached hydrogens (tertiary/aromatic N) is 1. The fraction of sp³-hybridized carbons (Fsp3) is 0.364. The average molecular weight is 399 g/mol. The minimum Gasteiger partial charge on any atom is -0.355 e. The van der Waals surface area contributed by atoms with Crippen molar-refractivity contribution in [2.24, 2.45) is 4.99 Å². The van der Waals surface area contributed by atoms with Gasteiger partial charge in [0.05, 0.1) is 0 Å². The molecule has 6 heteroatoms. The number of aliphatic imine (C=N–C) groups is 1. The van der Waals surface area contributed by atoms with Gasteiger partial charge in [-0.05, 0) is 36.2 Å². The molecule has 2 aromatic rings. The number of nitrogens with one attached hydrogen (secondary N) is 3. The van der Waals surface area contributed by atoms with Gasteiger partial charge in [0.15, 0.2) is 5.96 Å². The lowest BCUT2D eigenvalue weighted by molar-refractivity contribution is 0.0953. The summed E-state index contributed by atoms with van der Waals surface area (Å²) in [7, 11) is 1.76. The van der Waals surface area contributed by atoms with Gasteiger partial charge in [-0.15, -0.1) is 11.8 Å². The smallest absolute Gasteiger partial charge is 0.251 e. The van der Waals surface area contributed by atoms with Crippen LogP contribution in [0.3, 0.4) is 0 Å². The Hall–Kier alpha value is -2.47. The van der Waals surface area contributed by atoms with Crippen LogP contribution in [0.5, 0.6) is 0 Å². The Kier molecular flexibility index (Phi) is 9.42. The molecule has 0 fully saturated rings. The minimum absolute atomic E-state index is 0.0297. The number of benzene rings is 2. The van der Waals surface area contributed by atoms with Gasteiger partial charge in [-0.25, -0.2) is 0 Å². The Morgan fingerprint density at radius 2 is 1.86 bits per heavy atom. The van der Waals surface area contributed by atoms with E-state index in [4.69, 9.17) is 0 Å². The molecule has 0 aromatic heterocycles. The highest BCUT2D eigenvalue weighted by Crippen LogP contribution is 2.21. The van der Waals surface area contributed by atoms with E-state index >= 15 is 0 Å². The summed E-state index contributed by atoms with van der Waals surface area (Å²) in [6.07, 6.45) is 0.927. The number of hydrogen-bond acceptors (Lipinski definition) is 3. The highest BCUT2D eigenvalue weighted by molar-refractivity contribution is 8.00. The zero-order valence-corrected chi connectivity index (χ0v) is 17.7. The van der Waals surface area contributed by atoms with E-state index in [1.165, 1.54) is 4.90 Å². The molecule has 0 heterocycles. The van der Waals surface area contributed by atoms with Gasteiger partial charge in [-0.3, -0.25) is 9.79 Å². The molecule has 1 unspecified atom stereocenters. The first-order chi connectivity index (χ1) is 13.6. The Balaban J connectivity index is 1.81. The summed E-state index contributed by atoms with van der Waals surface area (Å²) < 4.78 is 0. The quantitative estimate of drug-likeness (QED) is 0.343. The van der Waals surface area contributed by atoms with Crippen molar-refractivity contribution in [1.29, 1.82) is 0 Å². The van der Waals surface area contributed by atoms with E-state index in [-0.39, 0.29) is 5.91 Å². The molecule has 5 nitrogen and oxygen atoms in total. The van der Waals surface area contributed by atoms with E-state index in [1.807, 2.05) is 49.0 Å². The minimum atomic E-state index is -0.0297. The second kappa shape index (κ2) is 12.1. The molecule has 2 aromatic carbocycles. The third-order valence-electron chi connectivity index (χ3n) is 4.05. The Morgan fingerprint density at radius 1 is 1.07 bits per heavy atom. The van der Waals surface area contributed by atoms with Crippen LogP contribution in [0.2, 0.25) is 0 Å². The summed E-state index contributed by atoms with van der Waals surface area (Å²) in [5.74, 6) is 0.722. The van der Waals surface area contributed by atoms with Crippen molar-refractivity contribution in [3.63, 3.8) is 0 Å². The monoisotopic (exact) mass is 398 g/mol. The second-order valence-electron chi connectivity index (χ2n) is 6.50. The molecule has 0 aliphatic carbocycles. The Morgan fingerprint density at radius 3 is 2.57 bits per heavy atom. The topological polar surface area (TPSA) is 65.5 Å². The van der Waals surface area contributed by atoms with Gasteiger partial charge in [0.1, 0.15) is 0 Å². The van der Waals surface area contributed by atoms with Crippen LogP contribution in [0.15, 0.2) is 64.5 Å². The Bertz CT molecular complexity index is 764. The number of rotatable bonds is 9. The first-order valence-corrected chi connectivity index (χ1v) is 10.5. The fourth-order valence-corrected chi connectivity index (χ4v) is 3.53. The molecule has 28 heavy (non-hydrogen) atoms. The van der Waals surface area contributed by atoms with E-state index in [2.05, 4.69) is 52.1 Å². The molecule has 0 spiro atoms. The molecule has 150 valence electrons. The van der Waals surface area contributed by atoms with E-state index in [0.29, 0.717) is 23.9 Å².